The number of methoxy groups -OCH3 is 3. The lowest BCUT2D eigenvalue weighted by atomic mass is 10.1. The molecule has 1 aliphatic rings. The van der Waals surface area contributed by atoms with Gasteiger partial charge < -0.3 is 24.4 Å². The number of carbonyl (C=O) groups excluding carboxylic acids is 2. The van der Waals surface area contributed by atoms with E-state index < -0.39 is 0 Å². The fourth-order valence-electron chi connectivity index (χ4n) is 3.02. The summed E-state index contributed by atoms with van der Waals surface area (Å²) in [7, 11) is 4.63. The monoisotopic (exact) mass is 376 g/mol. The fraction of sp³-hybridized carbons (Fsp3) is 0.500. The van der Waals surface area contributed by atoms with Crippen molar-refractivity contribution >= 4 is 17.9 Å². The predicted octanol–water partition coefficient (Wildman–Crippen LogP) is 2.24. The number of likely N-dealkylation sites (tertiary alicyclic amines) is 1. The molecule has 0 bridgehead atoms. The molecular weight excluding hydrogens is 348 g/mol. The Morgan fingerprint density at radius 3 is 2.44 bits per heavy atom. The number of ether oxygens (including phenoxy) is 3. The van der Waals surface area contributed by atoms with Crippen LogP contribution in [0.4, 0.5) is 0 Å². The van der Waals surface area contributed by atoms with E-state index in [4.69, 9.17) is 14.2 Å². The van der Waals surface area contributed by atoms with Crippen molar-refractivity contribution in [1.82, 2.24) is 10.2 Å². The molecule has 1 aliphatic heterocycles. The van der Waals surface area contributed by atoms with Crippen molar-refractivity contribution < 1.29 is 23.8 Å². The number of nitrogens with one attached hydrogen (secondary N) is 1. The van der Waals surface area contributed by atoms with Gasteiger partial charge in [0.25, 0.3) is 0 Å². The second-order valence-electron chi connectivity index (χ2n) is 6.27. The SMILES string of the molecule is COc1cc(/C=C/C(=O)NCCN2CCCCCC2=O)cc(OC)c1OC. The van der Waals surface area contributed by atoms with Crippen molar-refractivity contribution in [2.45, 2.75) is 25.7 Å². The van der Waals surface area contributed by atoms with Crippen LogP contribution in [0.25, 0.3) is 6.08 Å². The smallest absolute Gasteiger partial charge is 0.244 e. The lowest BCUT2D eigenvalue weighted by molar-refractivity contribution is -0.131. The van der Waals surface area contributed by atoms with Crippen molar-refractivity contribution in [3.63, 3.8) is 0 Å². The first-order valence-corrected chi connectivity index (χ1v) is 9.12. The fourth-order valence-corrected chi connectivity index (χ4v) is 3.02. The van der Waals surface area contributed by atoms with Crippen LogP contribution in [0.5, 0.6) is 17.2 Å². The Hall–Kier alpha value is -2.70. The maximum absolute atomic E-state index is 12.1. The van der Waals surface area contributed by atoms with Gasteiger partial charge in [-0.2, -0.15) is 0 Å². The Kier molecular flexibility index (Phi) is 7.98. The summed E-state index contributed by atoms with van der Waals surface area (Å²) in [6.45, 7) is 1.75. The minimum atomic E-state index is -0.217. The molecule has 1 N–H and O–H groups in total. The van der Waals surface area contributed by atoms with E-state index >= 15 is 0 Å². The van der Waals surface area contributed by atoms with Crippen molar-refractivity contribution in [3.05, 3.63) is 23.8 Å². The van der Waals surface area contributed by atoms with Crippen LogP contribution in [0.15, 0.2) is 18.2 Å². The van der Waals surface area contributed by atoms with E-state index in [1.54, 1.807) is 39.5 Å². The Bertz CT molecular complexity index is 662. The molecule has 1 heterocycles. The van der Waals surface area contributed by atoms with Crippen LogP contribution in [0.2, 0.25) is 0 Å². The van der Waals surface area contributed by atoms with Crippen LogP contribution < -0.4 is 19.5 Å². The van der Waals surface area contributed by atoms with Crippen molar-refractivity contribution in [3.8, 4) is 17.2 Å². The molecule has 0 radical (unpaired) electrons. The van der Waals surface area contributed by atoms with Gasteiger partial charge in [0.15, 0.2) is 11.5 Å². The van der Waals surface area contributed by atoms with Gasteiger partial charge in [-0.1, -0.05) is 6.42 Å². The van der Waals surface area contributed by atoms with Crippen LogP contribution in [0.1, 0.15) is 31.2 Å². The van der Waals surface area contributed by atoms with E-state index in [0.717, 1.165) is 31.4 Å². The van der Waals surface area contributed by atoms with Crippen molar-refractivity contribution in [1.29, 1.82) is 0 Å². The average molecular weight is 376 g/mol. The lowest BCUT2D eigenvalue weighted by Gasteiger charge is -2.20. The van der Waals surface area contributed by atoms with Gasteiger partial charge in [0, 0.05) is 32.1 Å². The van der Waals surface area contributed by atoms with Crippen LogP contribution in [-0.4, -0.2) is 57.7 Å². The molecule has 1 aromatic carbocycles. The first kappa shape index (κ1) is 20.6. The van der Waals surface area contributed by atoms with E-state index in [-0.39, 0.29) is 11.8 Å². The normalized spacial score (nSPS) is 14.8. The zero-order valence-electron chi connectivity index (χ0n) is 16.2. The van der Waals surface area contributed by atoms with Crippen molar-refractivity contribution in [2.75, 3.05) is 41.0 Å². The number of hydrogen-bond acceptors (Lipinski definition) is 5. The minimum absolute atomic E-state index is 0.176. The molecule has 0 atom stereocenters. The Balaban J connectivity index is 1.91. The number of benzene rings is 1. The molecule has 7 nitrogen and oxygen atoms in total. The van der Waals surface area contributed by atoms with Crippen LogP contribution in [0, 0.1) is 0 Å². The minimum Gasteiger partial charge on any atom is -0.493 e. The van der Waals surface area contributed by atoms with E-state index in [1.807, 2.05) is 4.90 Å². The third-order valence-corrected chi connectivity index (χ3v) is 4.47. The van der Waals surface area contributed by atoms with Gasteiger partial charge in [0.05, 0.1) is 21.3 Å². The summed E-state index contributed by atoms with van der Waals surface area (Å²) < 4.78 is 15.9. The maximum atomic E-state index is 12.1. The molecule has 0 aliphatic carbocycles. The molecule has 27 heavy (non-hydrogen) atoms. The van der Waals surface area contributed by atoms with Crippen LogP contribution in [0.3, 0.4) is 0 Å². The predicted molar refractivity (Wildman–Crippen MR) is 103 cm³/mol. The molecule has 1 saturated heterocycles. The summed E-state index contributed by atoms with van der Waals surface area (Å²) in [6.07, 6.45) is 6.81. The van der Waals surface area contributed by atoms with Gasteiger partial charge in [0.1, 0.15) is 0 Å². The standard InChI is InChI=1S/C20H28N2O5/c1-25-16-13-15(14-17(26-2)20(16)27-3)8-9-18(23)21-10-12-22-11-6-4-5-7-19(22)24/h8-9,13-14H,4-7,10-12H2,1-3H3,(H,21,23)/b9-8+. The Labute approximate surface area is 160 Å². The summed E-state index contributed by atoms with van der Waals surface area (Å²) in [5.41, 5.74) is 0.752. The van der Waals surface area contributed by atoms with E-state index in [2.05, 4.69) is 5.32 Å². The summed E-state index contributed by atoms with van der Waals surface area (Å²) >= 11 is 0. The molecule has 0 spiro atoms. The second-order valence-corrected chi connectivity index (χ2v) is 6.27. The van der Waals surface area contributed by atoms with Crippen LogP contribution >= 0.6 is 0 Å². The molecule has 0 aromatic heterocycles. The van der Waals surface area contributed by atoms with E-state index in [0.29, 0.717) is 36.8 Å². The van der Waals surface area contributed by atoms with Gasteiger partial charge in [-0.05, 0) is 36.6 Å². The largest absolute Gasteiger partial charge is 0.493 e. The first-order valence-electron chi connectivity index (χ1n) is 9.12. The average Bonchev–Trinajstić information content (AvgIpc) is 2.89. The van der Waals surface area contributed by atoms with Gasteiger partial charge in [-0.3, -0.25) is 9.59 Å². The number of rotatable bonds is 8. The quantitative estimate of drug-likeness (QED) is 0.704. The molecular formula is C20H28N2O5. The summed E-state index contributed by atoms with van der Waals surface area (Å²) in [4.78, 5) is 25.8. The summed E-state index contributed by atoms with van der Waals surface area (Å²) in [6, 6.07) is 3.53. The summed E-state index contributed by atoms with van der Waals surface area (Å²) in [5.74, 6) is 1.51. The lowest BCUT2D eigenvalue weighted by Crippen LogP contribution is -2.37. The van der Waals surface area contributed by atoms with Gasteiger partial charge in [-0.15, -0.1) is 0 Å². The van der Waals surface area contributed by atoms with E-state index in [9.17, 15) is 9.59 Å². The number of carbonyl (C=O) groups is 2. The highest BCUT2D eigenvalue weighted by Crippen LogP contribution is 2.38. The molecule has 2 rings (SSSR count). The molecule has 1 fully saturated rings. The zero-order valence-corrected chi connectivity index (χ0v) is 16.2. The van der Waals surface area contributed by atoms with Gasteiger partial charge in [-0.25, -0.2) is 0 Å². The van der Waals surface area contributed by atoms with E-state index in [1.165, 1.54) is 6.08 Å². The van der Waals surface area contributed by atoms with Crippen molar-refractivity contribution in [2.24, 2.45) is 0 Å². The molecule has 7 heteroatoms. The molecule has 1 aromatic rings. The Morgan fingerprint density at radius 1 is 1.11 bits per heavy atom. The molecule has 148 valence electrons. The topological polar surface area (TPSA) is 77.1 Å². The highest BCUT2D eigenvalue weighted by molar-refractivity contribution is 5.92. The third-order valence-electron chi connectivity index (χ3n) is 4.47. The molecule has 0 unspecified atom stereocenters. The zero-order chi connectivity index (χ0) is 19.6. The van der Waals surface area contributed by atoms with Gasteiger partial charge >= 0.3 is 0 Å². The Morgan fingerprint density at radius 2 is 1.81 bits per heavy atom. The van der Waals surface area contributed by atoms with Gasteiger partial charge in [0.2, 0.25) is 17.6 Å². The highest BCUT2D eigenvalue weighted by atomic mass is 16.5. The molecule has 0 saturated carbocycles. The number of nitrogens with zero attached hydrogens (tertiary/aromatic N) is 1. The highest BCUT2D eigenvalue weighted by Gasteiger charge is 2.16. The molecule has 2 amide bonds. The summed E-state index contributed by atoms with van der Waals surface area (Å²) in [5, 5.41) is 2.81. The first-order chi connectivity index (χ1) is 13.1. The maximum Gasteiger partial charge on any atom is 0.244 e. The number of amides is 2. The van der Waals surface area contributed by atoms with Crippen LogP contribution in [-0.2, 0) is 9.59 Å². The second kappa shape index (κ2) is 10.4. The third kappa shape index (κ3) is 5.91. The number of hydrogen-bond donors (Lipinski definition) is 1.